The van der Waals surface area contributed by atoms with E-state index in [2.05, 4.69) is 40.1 Å². The van der Waals surface area contributed by atoms with E-state index in [9.17, 15) is 18.3 Å². The second-order valence-electron chi connectivity index (χ2n) is 9.90. The number of hydrogen-bond donors (Lipinski definition) is 1. The summed E-state index contributed by atoms with van der Waals surface area (Å²) in [5.41, 5.74) is 5.47. The van der Waals surface area contributed by atoms with E-state index in [4.69, 9.17) is 0 Å². The molecule has 1 fully saturated rings. The molecule has 3 aliphatic rings. The van der Waals surface area contributed by atoms with Gasteiger partial charge >= 0.3 is 0 Å². The van der Waals surface area contributed by atoms with Crippen molar-refractivity contribution in [3.8, 4) is 0 Å². The number of carbonyl (C=O) groups excluding carboxylic acids is 1. The second kappa shape index (κ2) is 9.89. The topological polar surface area (TPSA) is 84.4 Å². The fraction of sp³-hybridized carbons (Fsp3) is 0.500. The number of sulfonamides is 1. The quantitative estimate of drug-likeness (QED) is 0.644. The Balaban J connectivity index is 1.17. The first-order valence-corrected chi connectivity index (χ1v) is 14.2. The van der Waals surface area contributed by atoms with E-state index in [1.165, 1.54) is 21.7 Å². The number of aliphatic hydroxyl groups is 1. The SMILES string of the molecule is CS(=O)(=O)N1CCN(c2ccc3c(c2)CCN(C[C@H](O)CN2CCc4ccccc4C2)C3=O)CC1. The summed E-state index contributed by atoms with van der Waals surface area (Å²) >= 11 is 0. The highest BCUT2D eigenvalue weighted by atomic mass is 32.2. The molecular weight excluding hydrogens is 464 g/mol. The van der Waals surface area contributed by atoms with E-state index in [1.807, 2.05) is 12.1 Å². The van der Waals surface area contributed by atoms with Crippen LogP contribution in [-0.4, -0.2) is 98.3 Å². The van der Waals surface area contributed by atoms with Crippen molar-refractivity contribution in [2.75, 3.05) is 63.5 Å². The summed E-state index contributed by atoms with van der Waals surface area (Å²) in [7, 11) is -3.16. The zero-order valence-corrected chi connectivity index (χ0v) is 21.1. The lowest BCUT2D eigenvalue weighted by molar-refractivity contribution is 0.0493. The zero-order chi connectivity index (χ0) is 24.6. The summed E-state index contributed by atoms with van der Waals surface area (Å²) in [6, 6.07) is 14.4. The highest BCUT2D eigenvalue weighted by Crippen LogP contribution is 2.26. The van der Waals surface area contributed by atoms with Crippen LogP contribution in [0.1, 0.15) is 27.0 Å². The normalized spacial score (nSPS) is 20.5. The van der Waals surface area contributed by atoms with Crippen molar-refractivity contribution in [1.82, 2.24) is 14.1 Å². The number of aliphatic hydroxyl groups excluding tert-OH is 1. The molecule has 1 atom stereocenters. The van der Waals surface area contributed by atoms with E-state index in [1.54, 1.807) is 4.90 Å². The second-order valence-corrected chi connectivity index (χ2v) is 11.9. The third-order valence-electron chi connectivity index (χ3n) is 7.44. The number of β-amino-alcohol motifs (C(OH)–C–C–N with tert-alkyl or cyclic N) is 1. The number of nitrogens with zero attached hydrogens (tertiary/aromatic N) is 4. The van der Waals surface area contributed by atoms with Crippen LogP contribution in [-0.2, 0) is 29.4 Å². The molecule has 188 valence electrons. The van der Waals surface area contributed by atoms with E-state index < -0.39 is 16.1 Å². The summed E-state index contributed by atoms with van der Waals surface area (Å²) in [6.07, 6.45) is 2.41. The third-order valence-corrected chi connectivity index (χ3v) is 8.74. The fourth-order valence-corrected chi connectivity index (χ4v) is 6.32. The van der Waals surface area contributed by atoms with E-state index in [0.717, 1.165) is 37.2 Å². The maximum absolute atomic E-state index is 13.2. The van der Waals surface area contributed by atoms with Gasteiger partial charge in [0, 0.05) is 70.2 Å². The molecule has 1 amide bonds. The molecule has 35 heavy (non-hydrogen) atoms. The maximum Gasteiger partial charge on any atom is 0.254 e. The van der Waals surface area contributed by atoms with Crippen LogP contribution in [0.15, 0.2) is 42.5 Å². The van der Waals surface area contributed by atoms with E-state index >= 15 is 0 Å². The van der Waals surface area contributed by atoms with Gasteiger partial charge in [0.15, 0.2) is 0 Å². The van der Waals surface area contributed by atoms with Crippen LogP contribution >= 0.6 is 0 Å². The third kappa shape index (κ3) is 5.38. The number of carbonyl (C=O) groups is 1. The van der Waals surface area contributed by atoms with Crippen molar-refractivity contribution in [3.63, 3.8) is 0 Å². The van der Waals surface area contributed by atoms with Gasteiger partial charge in [-0.3, -0.25) is 9.69 Å². The summed E-state index contributed by atoms with van der Waals surface area (Å²) in [5, 5.41) is 10.8. The van der Waals surface area contributed by atoms with Crippen molar-refractivity contribution in [1.29, 1.82) is 0 Å². The van der Waals surface area contributed by atoms with Crippen molar-refractivity contribution >= 4 is 21.6 Å². The van der Waals surface area contributed by atoms with Gasteiger partial charge in [-0.1, -0.05) is 24.3 Å². The molecule has 0 spiro atoms. The zero-order valence-electron chi connectivity index (χ0n) is 20.3. The number of rotatable bonds is 6. The Kier molecular flexibility index (Phi) is 6.85. The Morgan fingerprint density at radius 1 is 0.886 bits per heavy atom. The van der Waals surface area contributed by atoms with Crippen LogP contribution < -0.4 is 4.90 Å². The van der Waals surface area contributed by atoms with Gasteiger partial charge in [-0.15, -0.1) is 0 Å². The largest absolute Gasteiger partial charge is 0.390 e. The van der Waals surface area contributed by atoms with E-state index in [-0.39, 0.29) is 5.91 Å². The summed E-state index contributed by atoms with van der Waals surface area (Å²) < 4.78 is 25.1. The molecule has 3 heterocycles. The Morgan fingerprint density at radius 3 is 2.34 bits per heavy atom. The van der Waals surface area contributed by atoms with Gasteiger partial charge in [0.25, 0.3) is 5.91 Å². The predicted octanol–water partition coefficient (Wildman–Crippen LogP) is 1.19. The smallest absolute Gasteiger partial charge is 0.254 e. The molecule has 0 aliphatic carbocycles. The molecule has 8 nitrogen and oxygen atoms in total. The molecule has 0 bridgehead atoms. The van der Waals surface area contributed by atoms with Crippen LogP contribution in [0.5, 0.6) is 0 Å². The lowest BCUT2D eigenvalue weighted by Crippen LogP contribution is -2.48. The number of piperazine rings is 1. The minimum atomic E-state index is -3.16. The predicted molar refractivity (Wildman–Crippen MR) is 136 cm³/mol. The molecule has 0 radical (unpaired) electrons. The molecule has 2 aromatic carbocycles. The monoisotopic (exact) mass is 498 g/mol. The summed E-state index contributed by atoms with van der Waals surface area (Å²) in [6.45, 7) is 5.48. The number of anilines is 1. The average Bonchev–Trinajstić information content (AvgIpc) is 2.85. The average molecular weight is 499 g/mol. The van der Waals surface area contributed by atoms with Gasteiger partial charge in [0.2, 0.25) is 10.0 Å². The van der Waals surface area contributed by atoms with Crippen LogP contribution in [0.2, 0.25) is 0 Å². The summed E-state index contributed by atoms with van der Waals surface area (Å²) in [5.74, 6) is -0.0252. The summed E-state index contributed by atoms with van der Waals surface area (Å²) in [4.78, 5) is 19.4. The minimum absolute atomic E-state index is 0.0252. The molecule has 1 N–H and O–H groups in total. The fourth-order valence-electron chi connectivity index (χ4n) is 5.49. The first-order valence-electron chi connectivity index (χ1n) is 12.4. The van der Waals surface area contributed by atoms with Gasteiger partial charge in [0.1, 0.15) is 0 Å². The maximum atomic E-state index is 13.2. The molecule has 0 saturated carbocycles. The van der Waals surface area contributed by atoms with Gasteiger partial charge in [0.05, 0.1) is 12.4 Å². The van der Waals surface area contributed by atoms with Crippen molar-refractivity contribution in [2.45, 2.75) is 25.5 Å². The molecule has 0 aromatic heterocycles. The van der Waals surface area contributed by atoms with Crippen LogP contribution in [0.4, 0.5) is 5.69 Å². The lowest BCUT2D eigenvalue weighted by atomic mass is 9.97. The van der Waals surface area contributed by atoms with Crippen molar-refractivity contribution in [3.05, 3.63) is 64.7 Å². The molecule has 3 aliphatic heterocycles. The molecule has 1 saturated heterocycles. The highest BCUT2D eigenvalue weighted by molar-refractivity contribution is 7.88. The minimum Gasteiger partial charge on any atom is -0.390 e. The van der Waals surface area contributed by atoms with Gasteiger partial charge in [-0.25, -0.2) is 8.42 Å². The standard InChI is InChI=1S/C26H34N4O4S/c1-35(33,34)30-14-12-28(13-15-30)23-6-7-25-21(16-23)9-11-29(26(25)32)19-24(31)18-27-10-8-20-4-2-3-5-22(20)17-27/h2-7,16,24,31H,8-15,17-19H2,1H3/t24-/m1/s1. The number of benzene rings is 2. The van der Waals surface area contributed by atoms with Crippen molar-refractivity contribution < 1.29 is 18.3 Å². The Morgan fingerprint density at radius 2 is 1.60 bits per heavy atom. The molecule has 9 heteroatoms. The Hall–Kier alpha value is -2.46. The van der Waals surface area contributed by atoms with Crippen LogP contribution in [0.3, 0.4) is 0 Å². The van der Waals surface area contributed by atoms with Gasteiger partial charge in [-0.05, 0) is 47.7 Å². The Labute approximate surface area is 207 Å². The molecule has 2 aromatic rings. The highest BCUT2D eigenvalue weighted by Gasteiger charge is 2.29. The van der Waals surface area contributed by atoms with Crippen molar-refractivity contribution in [2.24, 2.45) is 0 Å². The van der Waals surface area contributed by atoms with E-state index in [0.29, 0.717) is 51.4 Å². The number of hydrogen-bond acceptors (Lipinski definition) is 6. The molecule has 5 rings (SSSR count). The Bertz CT molecular complexity index is 1190. The molecular formula is C26H34N4O4S. The number of fused-ring (bicyclic) bond motifs is 2. The number of amides is 1. The lowest BCUT2D eigenvalue weighted by Gasteiger charge is -2.36. The first kappa shape index (κ1) is 24.2. The van der Waals surface area contributed by atoms with Gasteiger partial charge < -0.3 is 14.9 Å². The van der Waals surface area contributed by atoms with Crippen LogP contribution in [0, 0.1) is 0 Å². The first-order chi connectivity index (χ1) is 16.8. The van der Waals surface area contributed by atoms with Crippen LogP contribution in [0.25, 0.3) is 0 Å². The van der Waals surface area contributed by atoms with Gasteiger partial charge in [-0.2, -0.15) is 4.31 Å². The molecule has 0 unspecified atom stereocenters.